The highest BCUT2D eigenvalue weighted by Gasteiger charge is 2.63. The topological polar surface area (TPSA) is 194 Å². The number of carbonyl (C=O) groups is 3. The van der Waals surface area contributed by atoms with Gasteiger partial charge in [0.15, 0.2) is 11.4 Å². The van der Waals surface area contributed by atoms with Crippen LogP contribution in [0.1, 0.15) is 34.0 Å². The summed E-state index contributed by atoms with van der Waals surface area (Å²) in [5.74, 6) is -7.04. The van der Waals surface area contributed by atoms with E-state index in [1.54, 1.807) is 20.2 Å². The van der Waals surface area contributed by atoms with Gasteiger partial charge in [-0.1, -0.05) is 6.07 Å². The first-order chi connectivity index (χ1) is 18.4. The van der Waals surface area contributed by atoms with Gasteiger partial charge in [0.1, 0.15) is 22.8 Å². The number of phenolic OH excluding ortho intramolecular Hbond substituents is 1. The lowest BCUT2D eigenvalue weighted by atomic mass is 9.58. The SMILES string of the molecule is CN(C)[C@@H]1C(O)=C(C(N)=O)C(=O)[C@@]2(O)C(O)=C3C(=O)c4c(O)ccc(C(O)CN5CCOCC5)c4C[C@H]3C[C@@H]12. The molecule has 5 rings (SSSR count). The number of nitrogens with two attached hydrogens (primary N) is 1. The van der Waals surface area contributed by atoms with E-state index in [0.717, 1.165) is 0 Å². The number of fused-ring (bicyclic) bond motifs is 3. The molecule has 1 unspecified atom stereocenters. The van der Waals surface area contributed by atoms with Crippen molar-refractivity contribution in [1.82, 2.24) is 9.80 Å². The van der Waals surface area contributed by atoms with E-state index in [1.165, 1.54) is 11.0 Å². The van der Waals surface area contributed by atoms with Crippen molar-refractivity contribution in [2.75, 3.05) is 46.9 Å². The highest BCUT2D eigenvalue weighted by molar-refractivity contribution is 6.24. The number of rotatable bonds is 5. The number of amides is 1. The lowest BCUT2D eigenvalue weighted by Gasteiger charge is -2.50. The fourth-order valence-corrected chi connectivity index (χ4v) is 6.71. The number of nitrogens with zero attached hydrogens (tertiary/aromatic N) is 2. The molecule has 1 amide bonds. The minimum atomic E-state index is -2.69. The number of hydrogen-bond donors (Lipinski definition) is 6. The number of benzene rings is 1. The normalized spacial score (nSPS) is 30.2. The highest BCUT2D eigenvalue weighted by Crippen LogP contribution is 2.52. The van der Waals surface area contributed by atoms with Crippen LogP contribution in [0, 0.1) is 11.8 Å². The van der Waals surface area contributed by atoms with Crippen molar-refractivity contribution in [3.8, 4) is 5.75 Å². The van der Waals surface area contributed by atoms with Crippen LogP contribution in [0.4, 0.5) is 0 Å². The number of β-amino-alcohol motifs (C(OH)–C–C–N with tert-alkyl or cyclic N) is 1. The molecule has 3 aliphatic carbocycles. The average Bonchev–Trinajstić information content (AvgIpc) is 2.86. The first kappa shape index (κ1) is 27.3. The molecule has 4 aliphatic rings. The standard InChI is InChI=1S/C27H33N3O9/c1-29(2)21-15-10-12-9-14-13(17(32)11-30-5-7-39-8-6-30)3-4-16(31)19(14)22(33)18(12)24(35)27(15,38)25(36)20(23(21)34)26(28)37/h3-4,12,15,17,21,31-32,34-35,38H,5-11H2,1-2H3,(H2,28,37)/t12-,15-,17?,21-,27-/m0/s1. The number of ether oxygens (including phenoxy) is 1. The van der Waals surface area contributed by atoms with Crippen LogP contribution in [0.25, 0.3) is 0 Å². The van der Waals surface area contributed by atoms with Crippen molar-refractivity contribution in [1.29, 1.82) is 0 Å². The average molecular weight is 544 g/mol. The molecule has 0 bridgehead atoms. The Balaban J connectivity index is 1.61. The Morgan fingerprint density at radius 3 is 2.49 bits per heavy atom. The van der Waals surface area contributed by atoms with Gasteiger partial charge in [-0.05, 0) is 50.0 Å². The molecular weight excluding hydrogens is 510 g/mol. The zero-order valence-electron chi connectivity index (χ0n) is 21.8. The summed E-state index contributed by atoms with van der Waals surface area (Å²) in [5.41, 5.74) is 2.36. The number of phenols is 1. The van der Waals surface area contributed by atoms with Gasteiger partial charge in [0, 0.05) is 31.1 Å². The molecule has 12 nitrogen and oxygen atoms in total. The van der Waals surface area contributed by atoms with Gasteiger partial charge in [-0.25, -0.2) is 0 Å². The summed E-state index contributed by atoms with van der Waals surface area (Å²) >= 11 is 0. The zero-order chi connectivity index (χ0) is 28.4. The van der Waals surface area contributed by atoms with Crippen molar-refractivity contribution >= 4 is 17.5 Å². The minimum absolute atomic E-state index is 0.0135. The maximum atomic E-state index is 13.8. The Bertz CT molecular complexity index is 1310. The maximum Gasteiger partial charge on any atom is 0.255 e. The molecule has 1 heterocycles. The van der Waals surface area contributed by atoms with Crippen molar-refractivity contribution in [3.05, 3.63) is 51.5 Å². The Morgan fingerprint density at radius 2 is 1.87 bits per heavy atom. The van der Waals surface area contributed by atoms with Crippen molar-refractivity contribution < 1.29 is 44.7 Å². The lowest BCUT2D eigenvalue weighted by molar-refractivity contribution is -0.148. The van der Waals surface area contributed by atoms with Crippen molar-refractivity contribution in [2.24, 2.45) is 17.6 Å². The largest absolute Gasteiger partial charge is 0.510 e. The van der Waals surface area contributed by atoms with Gasteiger partial charge in [0.25, 0.3) is 5.91 Å². The smallest absolute Gasteiger partial charge is 0.255 e. The molecule has 1 aromatic carbocycles. The van der Waals surface area contributed by atoms with Crippen LogP contribution in [0.3, 0.4) is 0 Å². The second-order valence-corrected chi connectivity index (χ2v) is 10.9. The van der Waals surface area contributed by atoms with E-state index in [4.69, 9.17) is 10.5 Å². The third kappa shape index (κ3) is 4.05. The first-order valence-corrected chi connectivity index (χ1v) is 12.9. The molecule has 12 heteroatoms. The summed E-state index contributed by atoms with van der Waals surface area (Å²) in [6.07, 6.45) is -0.862. The molecule has 7 N–H and O–H groups in total. The maximum absolute atomic E-state index is 13.8. The summed E-state index contributed by atoms with van der Waals surface area (Å²) in [5, 5.41) is 55.7. The van der Waals surface area contributed by atoms with Gasteiger partial charge in [-0.15, -0.1) is 0 Å². The molecule has 1 fully saturated rings. The molecule has 1 saturated heterocycles. The molecule has 0 spiro atoms. The number of aromatic hydroxyl groups is 1. The third-order valence-corrected chi connectivity index (χ3v) is 8.54. The summed E-state index contributed by atoms with van der Waals surface area (Å²) in [7, 11) is 3.15. The first-order valence-electron chi connectivity index (χ1n) is 12.9. The van der Waals surface area contributed by atoms with E-state index >= 15 is 0 Å². The van der Waals surface area contributed by atoms with Gasteiger partial charge in [0.05, 0.1) is 30.9 Å². The fourth-order valence-electron chi connectivity index (χ4n) is 6.71. The van der Waals surface area contributed by atoms with E-state index in [1.807, 2.05) is 4.90 Å². The quantitative estimate of drug-likeness (QED) is 0.262. The summed E-state index contributed by atoms with van der Waals surface area (Å²) in [6.45, 7) is 2.67. The minimum Gasteiger partial charge on any atom is -0.510 e. The van der Waals surface area contributed by atoms with Crippen LogP contribution in [-0.4, -0.2) is 111 Å². The van der Waals surface area contributed by atoms with E-state index < -0.39 is 64.1 Å². The van der Waals surface area contributed by atoms with Gasteiger partial charge < -0.3 is 36.0 Å². The van der Waals surface area contributed by atoms with Gasteiger partial charge in [-0.3, -0.25) is 24.2 Å². The molecule has 0 aromatic heterocycles. The Labute approximate surface area is 224 Å². The highest BCUT2D eigenvalue weighted by atomic mass is 16.5. The second kappa shape index (κ2) is 9.72. The molecule has 1 aliphatic heterocycles. The molecule has 0 radical (unpaired) electrons. The van der Waals surface area contributed by atoms with E-state index in [2.05, 4.69) is 0 Å². The second-order valence-electron chi connectivity index (χ2n) is 10.9. The predicted octanol–water partition coefficient (Wildman–Crippen LogP) is -0.514. The summed E-state index contributed by atoms with van der Waals surface area (Å²) in [4.78, 5) is 42.8. The van der Waals surface area contributed by atoms with Crippen molar-refractivity contribution in [2.45, 2.75) is 30.6 Å². The monoisotopic (exact) mass is 543 g/mol. The molecule has 5 atom stereocenters. The number of morpholine rings is 1. The number of aliphatic hydroxyl groups excluding tert-OH is 3. The number of carbonyl (C=O) groups excluding carboxylic acids is 3. The molecule has 0 saturated carbocycles. The number of primary amides is 1. The number of hydrogen-bond acceptors (Lipinski definition) is 11. The van der Waals surface area contributed by atoms with Gasteiger partial charge >= 0.3 is 0 Å². The molecule has 1 aromatic rings. The molecule has 210 valence electrons. The summed E-state index contributed by atoms with van der Waals surface area (Å²) < 4.78 is 5.36. The summed E-state index contributed by atoms with van der Waals surface area (Å²) in [6, 6.07) is 1.80. The van der Waals surface area contributed by atoms with Crippen LogP contribution >= 0.6 is 0 Å². The van der Waals surface area contributed by atoms with Crippen LogP contribution in [0.2, 0.25) is 0 Å². The lowest BCUT2D eigenvalue weighted by Crippen LogP contribution is -2.63. The third-order valence-electron chi connectivity index (χ3n) is 8.54. The number of aliphatic hydroxyl groups is 4. The number of Topliss-reactive ketones (excluding diaryl/α,β-unsaturated/α-hetero) is 2. The van der Waals surface area contributed by atoms with E-state index in [0.29, 0.717) is 44.0 Å². The Hall–Kier alpha value is -3.29. The van der Waals surface area contributed by atoms with Crippen molar-refractivity contribution in [3.63, 3.8) is 0 Å². The number of ketones is 2. The fraction of sp³-hybridized carbons (Fsp3) is 0.519. The predicted molar refractivity (Wildman–Crippen MR) is 136 cm³/mol. The zero-order valence-corrected chi connectivity index (χ0v) is 21.8. The molecular formula is C27H33N3O9. The van der Waals surface area contributed by atoms with Gasteiger partial charge in [-0.2, -0.15) is 0 Å². The van der Waals surface area contributed by atoms with E-state index in [-0.39, 0.29) is 29.7 Å². The van der Waals surface area contributed by atoms with Crippen LogP contribution in [0.5, 0.6) is 5.75 Å². The Kier molecular flexibility index (Phi) is 6.80. The van der Waals surface area contributed by atoms with Crippen LogP contribution in [-0.2, 0) is 20.7 Å². The number of likely N-dealkylation sites (N-methyl/N-ethyl adjacent to an activating group) is 1. The van der Waals surface area contributed by atoms with Gasteiger partial charge in [0.2, 0.25) is 5.78 Å². The van der Waals surface area contributed by atoms with Crippen LogP contribution < -0.4 is 5.73 Å². The Morgan fingerprint density at radius 1 is 1.21 bits per heavy atom. The van der Waals surface area contributed by atoms with Crippen LogP contribution in [0.15, 0.2) is 34.8 Å². The number of allylic oxidation sites excluding steroid dienone is 1. The molecule has 39 heavy (non-hydrogen) atoms. The van der Waals surface area contributed by atoms with E-state index in [9.17, 15) is 39.9 Å².